The van der Waals surface area contributed by atoms with Gasteiger partial charge in [0, 0.05) is 24.3 Å². The first-order chi connectivity index (χ1) is 10.5. The van der Waals surface area contributed by atoms with Gasteiger partial charge in [0.25, 0.3) is 0 Å². The van der Waals surface area contributed by atoms with E-state index in [2.05, 4.69) is 31.2 Å². The van der Waals surface area contributed by atoms with Crippen molar-refractivity contribution in [3.8, 4) is 0 Å². The summed E-state index contributed by atoms with van der Waals surface area (Å²) in [4.78, 5) is 0. The van der Waals surface area contributed by atoms with Crippen molar-refractivity contribution >= 4 is 0 Å². The SMILES string of the molecule is CCC(NCCCC1CCCCC1O)c1c(C)nn(C)c1C. The van der Waals surface area contributed by atoms with E-state index in [9.17, 15) is 5.11 Å². The highest BCUT2D eigenvalue weighted by molar-refractivity contribution is 5.28. The van der Waals surface area contributed by atoms with Crippen LogP contribution < -0.4 is 5.32 Å². The minimum atomic E-state index is -0.0569. The Morgan fingerprint density at radius 1 is 1.32 bits per heavy atom. The van der Waals surface area contributed by atoms with E-state index in [-0.39, 0.29) is 6.10 Å². The third-order valence-corrected chi connectivity index (χ3v) is 5.33. The van der Waals surface area contributed by atoms with E-state index in [0.717, 1.165) is 37.9 Å². The molecule has 1 saturated carbocycles. The summed E-state index contributed by atoms with van der Waals surface area (Å²) >= 11 is 0. The number of hydrogen-bond donors (Lipinski definition) is 2. The lowest BCUT2D eigenvalue weighted by molar-refractivity contribution is 0.0642. The Balaban J connectivity index is 1.81. The van der Waals surface area contributed by atoms with Crippen LogP contribution in [0.4, 0.5) is 0 Å². The molecule has 1 fully saturated rings. The van der Waals surface area contributed by atoms with Crippen LogP contribution in [0.3, 0.4) is 0 Å². The molecule has 2 N–H and O–H groups in total. The second-order valence-corrected chi connectivity index (χ2v) is 6.88. The predicted octanol–water partition coefficient (Wildman–Crippen LogP) is 3.41. The van der Waals surface area contributed by atoms with Gasteiger partial charge in [-0.1, -0.05) is 19.8 Å². The molecule has 1 aromatic heterocycles. The molecule has 3 unspecified atom stereocenters. The lowest BCUT2D eigenvalue weighted by atomic mass is 9.83. The number of rotatable bonds is 7. The summed E-state index contributed by atoms with van der Waals surface area (Å²) in [5, 5.41) is 18.3. The van der Waals surface area contributed by atoms with Gasteiger partial charge in [0.05, 0.1) is 11.8 Å². The van der Waals surface area contributed by atoms with Crippen LogP contribution in [0.1, 0.15) is 74.9 Å². The number of aromatic nitrogens is 2. The second kappa shape index (κ2) is 8.11. The molecule has 4 heteroatoms. The number of aryl methyl sites for hydroxylation is 2. The van der Waals surface area contributed by atoms with Crippen molar-refractivity contribution < 1.29 is 5.11 Å². The van der Waals surface area contributed by atoms with Crippen molar-refractivity contribution in [1.82, 2.24) is 15.1 Å². The fraction of sp³-hybridized carbons (Fsp3) is 0.833. The van der Waals surface area contributed by atoms with Gasteiger partial charge in [-0.15, -0.1) is 0 Å². The first kappa shape index (κ1) is 17.5. The van der Waals surface area contributed by atoms with Crippen LogP contribution in [0.5, 0.6) is 0 Å². The summed E-state index contributed by atoms with van der Waals surface area (Å²) in [6.07, 6.45) is 8.03. The molecule has 0 amide bonds. The highest BCUT2D eigenvalue weighted by Crippen LogP contribution is 2.28. The molecule has 0 aromatic carbocycles. The molecule has 1 aliphatic carbocycles. The molecule has 0 radical (unpaired) electrons. The van der Waals surface area contributed by atoms with Crippen molar-refractivity contribution in [2.24, 2.45) is 13.0 Å². The Bertz CT molecular complexity index is 469. The molecule has 1 aromatic rings. The van der Waals surface area contributed by atoms with Gasteiger partial charge in [-0.25, -0.2) is 0 Å². The summed E-state index contributed by atoms with van der Waals surface area (Å²) < 4.78 is 1.98. The maximum Gasteiger partial charge on any atom is 0.0644 e. The predicted molar refractivity (Wildman–Crippen MR) is 90.9 cm³/mol. The highest BCUT2D eigenvalue weighted by Gasteiger charge is 2.23. The first-order valence-electron chi connectivity index (χ1n) is 8.96. The van der Waals surface area contributed by atoms with Crippen molar-refractivity contribution in [3.05, 3.63) is 17.0 Å². The Morgan fingerprint density at radius 3 is 2.64 bits per heavy atom. The van der Waals surface area contributed by atoms with E-state index in [0.29, 0.717) is 12.0 Å². The van der Waals surface area contributed by atoms with E-state index in [1.165, 1.54) is 30.5 Å². The van der Waals surface area contributed by atoms with Gasteiger partial charge in [0.15, 0.2) is 0 Å². The average molecular weight is 307 g/mol. The Morgan fingerprint density at radius 2 is 2.05 bits per heavy atom. The number of nitrogens with one attached hydrogen (secondary N) is 1. The maximum atomic E-state index is 10.0. The van der Waals surface area contributed by atoms with Gasteiger partial charge in [0.1, 0.15) is 0 Å². The standard InChI is InChI=1S/C18H33N3O/c1-5-16(18-13(2)20-21(4)14(18)3)19-12-8-10-15-9-6-7-11-17(15)22/h15-17,19,22H,5-12H2,1-4H3. The van der Waals surface area contributed by atoms with Gasteiger partial charge in [0.2, 0.25) is 0 Å². The van der Waals surface area contributed by atoms with E-state index in [1.807, 2.05) is 11.7 Å². The zero-order valence-electron chi connectivity index (χ0n) is 14.7. The van der Waals surface area contributed by atoms with E-state index in [4.69, 9.17) is 0 Å². The van der Waals surface area contributed by atoms with Crippen LogP contribution in [-0.4, -0.2) is 27.5 Å². The Labute approximate surface area is 135 Å². The fourth-order valence-corrected chi connectivity index (χ4v) is 3.91. The highest BCUT2D eigenvalue weighted by atomic mass is 16.3. The van der Waals surface area contributed by atoms with Crippen LogP contribution in [0.25, 0.3) is 0 Å². The molecule has 0 bridgehead atoms. The zero-order chi connectivity index (χ0) is 16.1. The smallest absolute Gasteiger partial charge is 0.0644 e. The molecule has 126 valence electrons. The molecule has 0 spiro atoms. The lowest BCUT2D eigenvalue weighted by Gasteiger charge is -2.27. The van der Waals surface area contributed by atoms with E-state index < -0.39 is 0 Å². The summed E-state index contributed by atoms with van der Waals surface area (Å²) in [5.41, 5.74) is 3.77. The fourth-order valence-electron chi connectivity index (χ4n) is 3.91. The molecule has 1 heterocycles. The first-order valence-corrected chi connectivity index (χ1v) is 8.96. The molecule has 0 aliphatic heterocycles. The molecule has 2 rings (SSSR count). The van der Waals surface area contributed by atoms with Crippen LogP contribution in [0.15, 0.2) is 0 Å². The lowest BCUT2D eigenvalue weighted by Crippen LogP contribution is -2.27. The normalized spacial score (nSPS) is 23.7. The Hall–Kier alpha value is -0.870. The molecule has 3 atom stereocenters. The second-order valence-electron chi connectivity index (χ2n) is 6.88. The summed E-state index contributed by atoms with van der Waals surface area (Å²) in [7, 11) is 2.02. The van der Waals surface area contributed by atoms with E-state index in [1.54, 1.807) is 0 Å². The van der Waals surface area contributed by atoms with E-state index >= 15 is 0 Å². The van der Waals surface area contributed by atoms with Crippen LogP contribution in [0, 0.1) is 19.8 Å². The molecular formula is C18H33N3O. The molecular weight excluding hydrogens is 274 g/mol. The zero-order valence-corrected chi connectivity index (χ0v) is 14.7. The molecule has 22 heavy (non-hydrogen) atoms. The van der Waals surface area contributed by atoms with Gasteiger partial charge in [-0.2, -0.15) is 5.10 Å². The van der Waals surface area contributed by atoms with Gasteiger partial charge in [-0.3, -0.25) is 4.68 Å². The molecule has 1 aliphatic rings. The summed E-state index contributed by atoms with van der Waals surface area (Å²) in [6.45, 7) is 7.51. The Kier molecular flexibility index (Phi) is 6.45. The monoisotopic (exact) mass is 307 g/mol. The summed E-state index contributed by atoms with van der Waals surface area (Å²) in [5.74, 6) is 0.525. The molecule has 4 nitrogen and oxygen atoms in total. The van der Waals surface area contributed by atoms with Crippen LogP contribution in [-0.2, 0) is 7.05 Å². The van der Waals surface area contributed by atoms with Crippen molar-refractivity contribution in [2.45, 2.75) is 77.9 Å². The number of nitrogens with zero attached hydrogens (tertiary/aromatic N) is 2. The van der Waals surface area contributed by atoms with Crippen LogP contribution >= 0.6 is 0 Å². The number of hydrogen-bond acceptors (Lipinski definition) is 3. The number of aliphatic hydroxyl groups excluding tert-OH is 1. The third kappa shape index (κ3) is 4.11. The van der Waals surface area contributed by atoms with Crippen molar-refractivity contribution in [3.63, 3.8) is 0 Å². The quantitative estimate of drug-likeness (QED) is 0.759. The van der Waals surface area contributed by atoms with Crippen LogP contribution in [0.2, 0.25) is 0 Å². The number of aliphatic hydroxyl groups is 1. The van der Waals surface area contributed by atoms with Gasteiger partial charge >= 0.3 is 0 Å². The minimum absolute atomic E-state index is 0.0569. The maximum absolute atomic E-state index is 10.0. The molecule has 0 saturated heterocycles. The summed E-state index contributed by atoms with van der Waals surface area (Å²) in [6, 6.07) is 0.393. The van der Waals surface area contributed by atoms with Crippen molar-refractivity contribution in [1.29, 1.82) is 0 Å². The average Bonchev–Trinajstić information content (AvgIpc) is 2.75. The third-order valence-electron chi connectivity index (χ3n) is 5.33. The van der Waals surface area contributed by atoms with Gasteiger partial charge in [-0.05, 0) is 58.4 Å². The van der Waals surface area contributed by atoms with Crippen molar-refractivity contribution in [2.75, 3.05) is 6.54 Å². The van der Waals surface area contributed by atoms with Gasteiger partial charge < -0.3 is 10.4 Å². The largest absolute Gasteiger partial charge is 0.393 e. The minimum Gasteiger partial charge on any atom is -0.393 e. The topological polar surface area (TPSA) is 50.1 Å².